The second-order valence-corrected chi connectivity index (χ2v) is 2.88. The first-order chi connectivity index (χ1) is 6.27. The van der Waals surface area contributed by atoms with Gasteiger partial charge in [-0.15, -0.1) is 0 Å². The number of azide groups is 2. The minimum absolute atomic E-state index is 0.0645. The lowest BCUT2D eigenvalue weighted by molar-refractivity contribution is 1.10. The van der Waals surface area contributed by atoms with Crippen LogP contribution in [0.3, 0.4) is 0 Å². The van der Waals surface area contributed by atoms with Crippen LogP contribution in [0, 0.1) is 3.57 Å². The summed E-state index contributed by atoms with van der Waals surface area (Å²) in [6.45, 7) is 0. The number of halogens is 1. The second-order valence-electron chi connectivity index (χ2n) is 1.72. The quantitative estimate of drug-likeness (QED) is 0.359. The van der Waals surface area contributed by atoms with Gasteiger partial charge in [-0.1, -0.05) is 0 Å². The highest BCUT2D eigenvalue weighted by atomic mass is 127. The van der Waals surface area contributed by atoms with Crippen molar-refractivity contribution in [3.63, 3.8) is 0 Å². The van der Waals surface area contributed by atoms with Crippen LogP contribution in [0.15, 0.2) is 16.4 Å². The molecule has 0 atom stereocenters. The molecule has 0 amide bonds. The van der Waals surface area contributed by atoms with Crippen molar-refractivity contribution >= 4 is 34.4 Å². The zero-order valence-corrected chi connectivity index (χ0v) is 8.19. The van der Waals surface area contributed by atoms with E-state index < -0.39 is 0 Å². The largest absolute Gasteiger partial charge is 0.234 e. The first-order valence-corrected chi connectivity index (χ1v) is 3.98. The summed E-state index contributed by atoms with van der Waals surface area (Å²) in [5, 5.41) is 6.45. The van der Waals surface area contributed by atoms with Crippen LogP contribution < -0.4 is 0 Å². The summed E-state index contributed by atoms with van der Waals surface area (Å²) in [5.41, 5.74) is 16.2. The third kappa shape index (κ3) is 2.44. The van der Waals surface area contributed by atoms with E-state index in [4.69, 9.17) is 11.1 Å². The van der Waals surface area contributed by atoms with Gasteiger partial charge in [0.25, 0.3) is 0 Å². The maximum absolute atomic E-state index is 8.16. The summed E-state index contributed by atoms with van der Waals surface area (Å²) in [7, 11) is 0. The van der Waals surface area contributed by atoms with Gasteiger partial charge >= 0.3 is 0 Å². The third-order valence-electron chi connectivity index (χ3n) is 0.986. The summed E-state index contributed by atoms with van der Waals surface area (Å²) < 4.78 is 0.590. The molecule has 1 rings (SSSR count). The highest BCUT2D eigenvalue weighted by molar-refractivity contribution is 14.1. The van der Waals surface area contributed by atoms with E-state index in [1.54, 1.807) is 0 Å². The number of rotatable bonds is 2. The minimum atomic E-state index is -0.0645. The Hall–Kier alpha value is -1.57. The van der Waals surface area contributed by atoms with E-state index in [0.717, 1.165) is 0 Å². The molecular weight excluding hydrogens is 287 g/mol. The molecule has 64 valence electrons. The molecule has 0 unspecified atom stereocenters. The molecule has 0 aromatic carbocycles. The summed E-state index contributed by atoms with van der Waals surface area (Å²) >= 11 is 1.90. The molecule has 0 N–H and O–H groups in total. The molecular formula is C4HIN8. The molecule has 1 aromatic heterocycles. The van der Waals surface area contributed by atoms with Gasteiger partial charge in [0.15, 0.2) is 0 Å². The molecule has 0 bridgehead atoms. The Balaban J connectivity index is 3.25. The lowest BCUT2D eigenvalue weighted by Gasteiger charge is -1.94. The van der Waals surface area contributed by atoms with Crippen LogP contribution in [0.25, 0.3) is 20.9 Å². The lowest BCUT2D eigenvalue weighted by atomic mass is 10.6. The monoisotopic (exact) mass is 288 g/mol. The molecule has 0 aliphatic heterocycles. The van der Waals surface area contributed by atoms with Gasteiger partial charge in [0.2, 0.25) is 5.95 Å². The molecule has 0 aliphatic rings. The average Bonchev–Trinajstić information content (AvgIpc) is 2.12. The molecule has 1 heterocycles. The Kier molecular flexibility index (Phi) is 3.26. The van der Waals surface area contributed by atoms with E-state index in [-0.39, 0.29) is 11.8 Å². The summed E-state index contributed by atoms with van der Waals surface area (Å²) in [6.07, 6.45) is 1.40. The van der Waals surface area contributed by atoms with Crippen LogP contribution in [0.5, 0.6) is 0 Å². The Labute approximate surface area is 85.4 Å². The van der Waals surface area contributed by atoms with Gasteiger partial charge in [0.1, 0.15) is 5.82 Å². The van der Waals surface area contributed by atoms with E-state index in [9.17, 15) is 0 Å². The van der Waals surface area contributed by atoms with Crippen LogP contribution in [0.2, 0.25) is 0 Å². The molecule has 13 heavy (non-hydrogen) atoms. The van der Waals surface area contributed by atoms with Crippen LogP contribution in [-0.2, 0) is 0 Å². The summed E-state index contributed by atoms with van der Waals surface area (Å²) in [4.78, 5) is 12.4. The number of hydrogen-bond acceptors (Lipinski definition) is 4. The van der Waals surface area contributed by atoms with E-state index in [1.807, 2.05) is 22.6 Å². The zero-order chi connectivity index (χ0) is 9.68. The lowest BCUT2D eigenvalue weighted by Crippen LogP contribution is -1.82. The molecule has 0 fully saturated rings. The fourth-order valence-corrected chi connectivity index (χ4v) is 0.918. The van der Waals surface area contributed by atoms with Crippen LogP contribution in [0.4, 0.5) is 11.8 Å². The van der Waals surface area contributed by atoms with Crippen molar-refractivity contribution in [1.82, 2.24) is 9.97 Å². The molecule has 8 nitrogen and oxygen atoms in total. The predicted molar refractivity (Wildman–Crippen MR) is 52.4 cm³/mol. The van der Waals surface area contributed by atoms with Gasteiger partial charge in [-0.3, -0.25) is 0 Å². The van der Waals surface area contributed by atoms with E-state index in [1.165, 1.54) is 6.20 Å². The molecule has 0 saturated carbocycles. The van der Waals surface area contributed by atoms with Crippen molar-refractivity contribution in [1.29, 1.82) is 0 Å². The van der Waals surface area contributed by atoms with Crippen LogP contribution >= 0.6 is 22.6 Å². The molecule has 0 aliphatic carbocycles. The minimum Gasteiger partial charge on any atom is -0.234 e. The smallest absolute Gasteiger partial charge is 0.216 e. The zero-order valence-electron chi connectivity index (χ0n) is 6.03. The number of aromatic nitrogens is 2. The van der Waals surface area contributed by atoms with Gasteiger partial charge in [-0.25, -0.2) is 9.97 Å². The highest BCUT2D eigenvalue weighted by Crippen LogP contribution is 2.20. The molecule has 0 saturated heterocycles. The summed E-state index contributed by atoms with van der Waals surface area (Å²) in [6, 6.07) is 0. The Morgan fingerprint density at radius 1 is 1.31 bits per heavy atom. The Morgan fingerprint density at radius 3 is 2.62 bits per heavy atom. The fourth-order valence-electron chi connectivity index (χ4n) is 0.550. The van der Waals surface area contributed by atoms with E-state index in [0.29, 0.717) is 3.57 Å². The van der Waals surface area contributed by atoms with Gasteiger partial charge in [0, 0.05) is 16.0 Å². The molecule has 0 radical (unpaired) electrons. The van der Waals surface area contributed by atoms with E-state index in [2.05, 4.69) is 30.0 Å². The summed E-state index contributed by atoms with van der Waals surface area (Å²) in [5.74, 6) is 0.0887. The molecule has 1 aromatic rings. The SMILES string of the molecule is [N-]=[N+]=Nc1ncc(I)c(N=[N+]=[N-])n1. The van der Waals surface area contributed by atoms with Gasteiger partial charge in [-0.2, -0.15) is 0 Å². The highest BCUT2D eigenvalue weighted by Gasteiger charge is 2.00. The van der Waals surface area contributed by atoms with Crippen molar-refractivity contribution in [2.45, 2.75) is 0 Å². The van der Waals surface area contributed by atoms with Gasteiger partial charge < -0.3 is 0 Å². The van der Waals surface area contributed by atoms with Crippen molar-refractivity contribution in [2.24, 2.45) is 10.2 Å². The third-order valence-corrected chi connectivity index (χ3v) is 1.75. The Morgan fingerprint density at radius 2 is 2.00 bits per heavy atom. The maximum atomic E-state index is 8.16. The van der Waals surface area contributed by atoms with Crippen molar-refractivity contribution in [3.8, 4) is 0 Å². The first kappa shape index (κ1) is 9.52. The normalized spacial score (nSPS) is 8.38. The molecule has 9 heteroatoms. The van der Waals surface area contributed by atoms with Crippen LogP contribution in [0.1, 0.15) is 0 Å². The van der Waals surface area contributed by atoms with E-state index >= 15 is 0 Å². The van der Waals surface area contributed by atoms with Crippen molar-refractivity contribution < 1.29 is 0 Å². The van der Waals surface area contributed by atoms with Gasteiger partial charge in [0.05, 0.1) is 3.57 Å². The van der Waals surface area contributed by atoms with Crippen molar-refractivity contribution in [3.05, 3.63) is 30.7 Å². The maximum Gasteiger partial charge on any atom is 0.216 e. The standard InChI is InChI=1S/C4HIN8/c5-2-1-8-4(11-13-7)9-3(2)10-12-6/h1H. The van der Waals surface area contributed by atoms with Crippen LogP contribution in [-0.4, -0.2) is 9.97 Å². The first-order valence-electron chi connectivity index (χ1n) is 2.90. The number of nitrogens with zero attached hydrogens (tertiary/aromatic N) is 8. The van der Waals surface area contributed by atoms with Crippen molar-refractivity contribution in [2.75, 3.05) is 0 Å². The fraction of sp³-hybridized carbons (Fsp3) is 0. The average molecular weight is 288 g/mol. The number of hydrogen-bond donors (Lipinski definition) is 0. The Bertz CT molecular complexity index is 414. The molecule has 0 spiro atoms. The predicted octanol–water partition coefficient (Wildman–Crippen LogP) is 2.96. The van der Waals surface area contributed by atoms with Gasteiger partial charge in [-0.05, 0) is 43.9 Å². The topological polar surface area (TPSA) is 123 Å². The second kappa shape index (κ2) is 4.45.